The van der Waals surface area contributed by atoms with Crippen LogP contribution in [0.1, 0.15) is 30.0 Å². The molecule has 0 radical (unpaired) electrons. The quantitative estimate of drug-likeness (QED) is 0.792. The molecule has 4 heteroatoms. The van der Waals surface area contributed by atoms with E-state index < -0.39 is 0 Å². The third kappa shape index (κ3) is 2.32. The zero-order valence-electron chi connectivity index (χ0n) is 8.55. The van der Waals surface area contributed by atoms with E-state index in [-0.39, 0.29) is 5.54 Å². The van der Waals surface area contributed by atoms with Crippen molar-refractivity contribution in [2.75, 3.05) is 6.54 Å². The molecule has 78 valence electrons. The number of thiazole rings is 1. The number of nitrogens with one attached hydrogen (secondary N) is 1. The topological polar surface area (TPSA) is 50.9 Å². The van der Waals surface area contributed by atoms with Crippen LogP contribution in [-0.4, -0.2) is 17.1 Å². The first-order valence-electron chi connectivity index (χ1n) is 5.09. The summed E-state index contributed by atoms with van der Waals surface area (Å²) in [6.45, 7) is 3.80. The summed E-state index contributed by atoms with van der Waals surface area (Å²) in [6, 6.07) is 0. The van der Waals surface area contributed by atoms with E-state index in [1.807, 2.05) is 6.92 Å². The molecule has 0 spiro atoms. The van der Waals surface area contributed by atoms with Crippen molar-refractivity contribution in [2.24, 2.45) is 5.73 Å². The van der Waals surface area contributed by atoms with Crippen LogP contribution in [0.2, 0.25) is 0 Å². The number of rotatable bonds is 4. The van der Waals surface area contributed by atoms with Crippen LogP contribution >= 0.6 is 11.3 Å². The van der Waals surface area contributed by atoms with Crippen molar-refractivity contribution >= 4 is 11.3 Å². The Bertz CT molecular complexity index is 304. The van der Waals surface area contributed by atoms with E-state index in [0.717, 1.165) is 36.6 Å². The Morgan fingerprint density at radius 3 is 2.93 bits per heavy atom. The smallest absolute Gasteiger partial charge is 0.0897 e. The Kier molecular flexibility index (Phi) is 2.85. The van der Waals surface area contributed by atoms with Crippen LogP contribution in [0.3, 0.4) is 0 Å². The molecular weight excluding hydrogens is 194 g/mol. The van der Waals surface area contributed by atoms with Gasteiger partial charge in [0.05, 0.1) is 10.7 Å². The fraction of sp³-hybridized carbons (Fsp3) is 0.700. The minimum atomic E-state index is 0.0745. The van der Waals surface area contributed by atoms with E-state index in [0.29, 0.717) is 0 Å². The van der Waals surface area contributed by atoms with Crippen LogP contribution in [0.5, 0.6) is 0 Å². The summed E-state index contributed by atoms with van der Waals surface area (Å²) in [5.41, 5.74) is 7.30. The normalized spacial score (nSPS) is 19.3. The lowest BCUT2D eigenvalue weighted by atomic mass is 9.78. The van der Waals surface area contributed by atoms with Gasteiger partial charge in [-0.05, 0) is 26.2 Å². The highest BCUT2D eigenvalue weighted by atomic mass is 32.1. The second-order valence-electron chi connectivity index (χ2n) is 4.18. The van der Waals surface area contributed by atoms with Crippen molar-refractivity contribution in [3.05, 3.63) is 16.1 Å². The van der Waals surface area contributed by atoms with Crippen LogP contribution in [0, 0.1) is 6.92 Å². The average molecular weight is 211 g/mol. The molecule has 1 fully saturated rings. The Morgan fingerprint density at radius 2 is 2.43 bits per heavy atom. The number of nitrogens with two attached hydrogens (primary N) is 1. The van der Waals surface area contributed by atoms with Crippen LogP contribution in [0.15, 0.2) is 5.38 Å². The van der Waals surface area contributed by atoms with Gasteiger partial charge in [-0.15, -0.1) is 11.3 Å². The van der Waals surface area contributed by atoms with Gasteiger partial charge in [0.1, 0.15) is 0 Å². The van der Waals surface area contributed by atoms with Gasteiger partial charge in [0.25, 0.3) is 0 Å². The Labute approximate surface area is 88.7 Å². The van der Waals surface area contributed by atoms with Gasteiger partial charge in [0, 0.05) is 24.0 Å². The summed E-state index contributed by atoms with van der Waals surface area (Å²) in [5, 5.41) is 6.61. The van der Waals surface area contributed by atoms with Gasteiger partial charge in [-0.3, -0.25) is 0 Å². The molecule has 1 aliphatic carbocycles. The highest BCUT2D eigenvalue weighted by molar-refractivity contribution is 7.09. The van der Waals surface area contributed by atoms with Gasteiger partial charge < -0.3 is 11.1 Å². The number of hydrogen-bond acceptors (Lipinski definition) is 4. The predicted octanol–water partition coefficient (Wildman–Crippen LogP) is 1.42. The lowest BCUT2D eigenvalue weighted by molar-refractivity contribution is 0.238. The molecule has 2 rings (SSSR count). The van der Waals surface area contributed by atoms with Crippen molar-refractivity contribution in [2.45, 2.75) is 38.3 Å². The van der Waals surface area contributed by atoms with E-state index in [1.54, 1.807) is 11.3 Å². The predicted molar refractivity (Wildman–Crippen MR) is 59.3 cm³/mol. The summed E-state index contributed by atoms with van der Waals surface area (Å²) in [5.74, 6) is 0. The molecule has 1 aromatic heterocycles. The molecule has 0 atom stereocenters. The van der Waals surface area contributed by atoms with Gasteiger partial charge in [0.15, 0.2) is 0 Å². The van der Waals surface area contributed by atoms with Crippen LogP contribution in [0.4, 0.5) is 0 Å². The standard InChI is InChI=1S/C10H17N3S/c1-8-13-9(6-14-8)5-12-7-10(11)3-2-4-10/h6,12H,2-5,7,11H2,1H3. The number of hydrogen-bond donors (Lipinski definition) is 2. The maximum atomic E-state index is 6.09. The Morgan fingerprint density at radius 1 is 1.64 bits per heavy atom. The first kappa shape index (κ1) is 10.1. The van der Waals surface area contributed by atoms with E-state index in [1.165, 1.54) is 6.42 Å². The number of aromatic nitrogens is 1. The van der Waals surface area contributed by atoms with Crippen molar-refractivity contribution in [3.63, 3.8) is 0 Å². The molecule has 3 N–H and O–H groups in total. The maximum absolute atomic E-state index is 6.09. The largest absolute Gasteiger partial charge is 0.324 e. The van der Waals surface area contributed by atoms with Crippen LogP contribution in [0.25, 0.3) is 0 Å². The summed E-state index contributed by atoms with van der Waals surface area (Å²) in [4.78, 5) is 4.39. The van der Waals surface area contributed by atoms with E-state index in [2.05, 4.69) is 15.7 Å². The Hall–Kier alpha value is -0.450. The minimum absolute atomic E-state index is 0.0745. The van der Waals surface area contributed by atoms with Crippen molar-refractivity contribution in [3.8, 4) is 0 Å². The van der Waals surface area contributed by atoms with Gasteiger partial charge in [-0.25, -0.2) is 4.98 Å². The van der Waals surface area contributed by atoms with Gasteiger partial charge in [0.2, 0.25) is 0 Å². The van der Waals surface area contributed by atoms with Gasteiger partial charge in [-0.2, -0.15) is 0 Å². The van der Waals surface area contributed by atoms with Crippen LogP contribution in [-0.2, 0) is 6.54 Å². The zero-order chi connectivity index (χ0) is 10.0. The number of nitrogens with zero attached hydrogens (tertiary/aromatic N) is 1. The highest BCUT2D eigenvalue weighted by Gasteiger charge is 2.31. The lowest BCUT2D eigenvalue weighted by Gasteiger charge is -2.38. The van der Waals surface area contributed by atoms with Gasteiger partial charge in [-0.1, -0.05) is 0 Å². The molecule has 0 aliphatic heterocycles. The molecule has 0 unspecified atom stereocenters. The molecule has 14 heavy (non-hydrogen) atoms. The molecule has 0 aromatic carbocycles. The second-order valence-corrected chi connectivity index (χ2v) is 5.24. The first-order valence-corrected chi connectivity index (χ1v) is 5.97. The van der Waals surface area contributed by atoms with Gasteiger partial charge >= 0.3 is 0 Å². The summed E-state index contributed by atoms with van der Waals surface area (Å²) >= 11 is 1.70. The average Bonchev–Trinajstić information content (AvgIpc) is 2.49. The monoisotopic (exact) mass is 211 g/mol. The summed E-state index contributed by atoms with van der Waals surface area (Å²) < 4.78 is 0. The van der Waals surface area contributed by atoms with Crippen molar-refractivity contribution < 1.29 is 0 Å². The number of aryl methyl sites for hydroxylation is 1. The molecule has 0 amide bonds. The molecule has 0 bridgehead atoms. The fourth-order valence-electron chi connectivity index (χ4n) is 1.74. The molecular formula is C10H17N3S. The highest BCUT2D eigenvalue weighted by Crippen LogP contribution is 2.28. The van der Waals surface area contributed by atoms with Crippen molar-refractivity contribution in [1.29, 1.82) is 0 Å². The van der Waals surface area contributed by atoms with E-state index in [4.69, 9.17) is 5.73 Å². The maximum Gasteiger partial charge on any atom is 0.0897 e. The Balaban J connectivity index is 1.72. The van der Waals surface area contributed by atoms with E-state index in [9.17, 15) is 0 Å². The fourth-order valence-corrected chi connectivity index (χ4v) is 2.35. The molecule has 3 nitrogen and oxygen atoms in total. The van der Waals surface area contributed by atoms with Crippen molar-refractivity contribution in [1.82, 2.24) is 10.3 Å². The lowest BCUT2D eigenvalue weighted by Crippen LogP contribution is -2.53. The zero-order valence-corrected chi connectivity index (χ0v) is 9.36. The van der Waals surface area contributed by atoms with E-state index >= 15 is 0 Å². The molecule has 0 saturated heterocycles. The second kappa shape index (κ2) is 3.96. The molecule has 1 saturated carbocycles. The summed E-state index contributed by atoms with van der Waals surface area (Å²) in [7, 11) is 0. The van der Waals surface area contributed by atoms with Crippen LogP contribution < -0.4 is 11.1 Å². The third-order valence-corrected chi connectivity index (χ3v) is 3.62. The molecule has 1 aromatic rings. The SMILES string of the molecule is Cc1nc(CNCC2(N)CCC2)cs1. The third-order valence-electron chi connectivity index (χ3n) is 2.80. The summed E-state index contributed by atoms with van der Waals surface area (Å²) in [6.07, 6.45) is 3.61. The molecule has 1 heterocycles. The first-order chi connectivity index (χ1) is 6.68. The molecule has 1 aliphatic rings. The minimum Gasteiger partial charge on any atom is -0.324 e.